The number of ether oxygens (including phenoxy) is 4. The maximum Gasteiger partial charge on any atom is 0.361 e. The molecule has 1 saturated heterocycles. The summed E-state index contributed by atoms with van der Waals surface area (Å²) < 4.78 is 47.0. The number of fused-ring (bicyclic) bond motifs is 1. The summed E-state index contributed by atoms with van der Waals surface area (Å²) in [5, 5.41) is 10.6. The fourth-order valence-corrected chi connectivity index (χ4v) is 4.56. The quantitative estimate of drug-likeness (QED) is 0.146. The summed E-state index contributed by atoms with van der Waals surface area (Å²) in [6.07, 6.45) is -1.37. The molecule has 0 radical (unpaired) electrons. The van der Waals surface area contributed by atoms with Crippen LogP contribution in [0.4, 0.5) is 5.82 Å². The number of aliphatic hydroxyl groups is 1. The van der Waals surface area contributed by atoms with Gasteiger partial charge in [0.05, 0.1) is 29.9 Å². The molecule has 0 saturated carbocycles. The normalized spacial score (nSPS) is 20.1. The molecule has 224 valence electrons. The summed E-state index contributed by atoms with van der Waals surface area (Å²) in [5.74, 6) is -0.927. The topological polar surface area (TPSA) is 199 Å². The van der Waals surface area contributed by atoms with E-state index >= 15 is 0 Å². The highest BCUT2D eigenvalue weighted by Crippen LogP contribution is 2.48. The zero-order valence-electron chi connectivity index (χ0n) is 23.2. The smallest absolute Gasteiger partial charge is 0.361 e. The molecule has 0 bridgehead atoms. The minimum absolute atomic E-state index is 0.101. The highest BCUT2D eigenvalue weighted by molar-refractivity contribution is 7.71. The Bertz CT molecular complexity index is 1280. The minimum atomic E-state index is -4.06. The number of rotatable bonds is 11. The van der Waals surface area contributed by atoms with Gasteiger partial charge >= 0.3 is 19.5 Å². The van der Waals surface area contributed by atoms with E-state index in [4.69, 9.17) is 45.9 Å². The van der Waals surface area contributed by atoms with Gasteiger partial charge in [-0.25, -0.2) is 4.98 Å². The number of carbonyl (C=O) groups excluding carboxylic acids is 2. The van der Waals surface area contributed by atoms with Crippen molar-refractivity contribution in [3.63, 3.8) is 0 Å². The van der Waals surface area contributed by atoms with Crippen LogP contribution in [0.5, 0.6) is 0 Å². The molecule has 2 aromatic heterocycles. The van der Waals surface area contributed by atoms with Gasteiger partial charge in [-0.1, -0.05) is 0 Å². The maximum atomic E-state index is 13.3. The molecule has 2 aromatic rings. The van der Waals surface area contributed by atoms with E-state index < -0.39 is 68.7 Å². The molecular formula is C23H36N5O10PS. The van der Waals surface area contributed by atoms with Crippen LogP contribution in [0.15, 0.2) is 6.33 Å². The highest BCUT2D eigenvalue weighted by Gasteiger charge is 2.37. The van der Waals surface area contributed by atoms with Crippen molar-refractivity contribution in [2.45, 2.75) is 66.4 Å². The number of anilines is 1. The van der Waals surface area contributed by atoms with Crippen LogP contribution in [0.25, 0.3) is 11.2 Å². The van der Waals surface area contributed by atoms with Gasteiger partial charge in [0.15, 0.2) is 16.6 Å². The number of aliphatic hydroxyl groups excluding tert-OH is 1. The zero-order chi connectivity index (χ0) is 29.9. The largest absolute Gasteiger partial charge is 0.438 e. The number of nitrogens with one attached hydrogen (secondary N) is 1. The lowest BCUT2D eigenvalue weighted by atomic mass is 9.98. The third-order valence-electron chi connectivity index (χ3n) is 5.57. The van der Waals surface area contributed by atoms with Gasteiger partial charge in [-0.2, -0.15) is 4.98 Å². The number of nitrogen functional groups attached to an aromatic ring is 1. The molecule has 0 spiro atoms. The van der Waals surface area contributed by atoms with Crippen molar-refractivity contribution in [1.29, 1.82) is 0 Å². The monoisotopic (exact) mass is 605 g/mol. The Labute approximate surface area is 236 Å². The first-order chi connectivity index (χ1) is 18.5. The number of carbonyl (C=O) groups is 2. The number of esters is 2. The number of aromatic amines is 1. The van der Waals surface area contributed by atoms with Gasteiger partial charge in [0.1, 0.15) is 23.8 Å². The summed E-state index contributed by atoms with van der Waals surface area (Å²) in [7, 11) is -4.06. The zero-order valence-corrected chi connectivity index (χ0v) is 25.0. The number of nitrogens with zero attached hydrogens (tertiary/aromatic N) is 3. The van der Waals surface area contributed by atoms with E-state index in [2.05, 4.69) is 15.0 Å². The van der Waals surface area contributed by atoms with Crippen molar-refractivity contribution in [3.8, 4) is 0 Å². The van der Waals surface area contributed by atoms with Crippen molar-refractivity contribution in [2.75, 3.05) is 32.3 Å². The molecule has 40 heavy (non-hydrogen) atoms. The molecule has 1 aliphatic rings. The summed E-state index contributed by atoms with van der Waals surface area (Å²) in [6.45, 7) is 8.45. The standard InChI is InChI=1S/C23H36N5O10PS/c1-22(2,3)19(30)34-10-36-39(32,37-11-35-20(31)23(4,5)6)12-33-8-13-7-14(29)18(38-13)28-9-25-15-16(24)26-21(40)27-17(15)28/h9,13-14,18,29H,7-8,10-12H2,1-6H3,(H3,24,26,27,40)/t13-,14-,18+/m0/s1. The van der Waals surface area contributed by atoms with Gasteiger partial charge < -0.3 is 34.8 Å². The Morgan fingerprint density at radius 2 is 1.75 bits per heavy atom. The average Bonchev–Trinajstić information content (AvgIpc) is 3.40. The summed E-state index contributed by atoms with van der Waals surface area (Å²) >= 11 is 5.08. The van der Waals surface area contributed by atoms with Crippen LogP contribution in [0.3, 0.4) is 0 Å². The second-order valence-corrected chi connectivity index (χ2v) is 13.6. The first kappa shape index (κ1) is 32.1. The number of hydrogen-bond donors (Lipinski definition) is 3. The van der Waals surface area contributed by atoms with Crippen molar-refractivity contribution >= 4 is 48.7 Å². The Kier molecular flexibility index (Phi) is 10.1. The fourth-order valence-electron chi connectivity index (χ4n) is 3.39. The number of hydrogen-bond acceptors (Lipinski definition) is 14. The molecule has 15 nitrogen and oxygen atoms in total. The van der Waals surface area contributed by atoms with Crippen LogP contribution in [0.1, 0.15) is 54.2 Å². The Hall–Kier alpha value is -2.46. The molecule has 4 N–H and O–H groups in total. The van der Waals surface area contributed by atoms with Gasteiger partial charge in [-0.3, -0.25) is 27.8 Å². The molecule has 1 fully saturated rings. The van der Waals surface area contributed by atoms with Crippen LogP contribution in [0, 0.1) is 15.6 Å². The molecule has 0 amide bonds. The second kappa shape index (κ2) is 12.6. The van der Waals surface area contributed by atoms with E-state index in [1.54, 1.807) is 41.5 Å². The Morgan fingerprint density at radius 1 is 1.18 bits per heavy atom. The minimum Gasteiger partial charge on any atom is -0.438 e. The Balaban J connectivity index is 1.60. The highest BCUT2D eigenvalue weighted by atomic mass is 32.1. The summed E-state index contributed by atoms with van der Waals surface area (Å²) in [6, 6.07) is 0. The molecule has 3 rings (SSSR count). The lowest BCUT2D eigenvalue weighted by Crippen LogP contribution is -2.25. The summed E-state index contributed by atoms with van der Waals surface area (Å²) in [4.78, 5) is 35.2. The van der Waals surface area contributed by atoms with E-state index in [0.717, 1.165) is 0 Å². The van der Waals surface area contributed by atoms with Gasteiger partial charge in [-0.15, -0.1) is 0 Å². The average molecular weight is 606 g/mol. The third-order valence-corrected chi connectivity index (χ3v) is 7.26. The lowest BCUT2D eigenvalue weighted by Gasteiger charge is -2.22. The SMILES string of the molecule is CC(C)(C)C(=O)OCOP(=O)(COC[C@@H]1C[C@H](O)[C@H](n2cnc3c(N)[nH]c(=S)nc32)O1)OCOC(=O)C(C)(C)C. The van der Waals surface area contributed by atoms with E-state index in [1.807, 2.05) is 0 Å². The third kappa shape index (κ3) is 8.28. The summed E-state index contributed by atoms with van der Waals surface area (Å²) in [5.41, 5.74) is 5.01. The van der Waals surface area contributed by atoms with E-state index in [-0.39, 0.29) is 23.6 Å². The van der Waals surface area contributed by atoms with E-state index in [0.29, 0.717) is 11.2 Å². The molecule has 3 heterocycles. The predicted octanol–water partition coefficient (Wildman–Crippen LogP) is 3.01. The van der Waals surface area contributed by atoms with Crippen LogP contribution < -0.4 is 5.73 Å². The Morgan fingerprint density at radius 3 is 2.30 bits per heavy atom. The maximum absolute atomic E-state index is 13.3. The molecule has 3 atom stereocenters. The fraction of sp³-hybridized carbons (Fsp3) is 0.696. The number of imidazole rings is 1. The van der Waals surface area contributed by atoms with E-state index in [9.17, 15) is 19.3 Å². The van der Waals surface area contributed by atoms with Gasteiger partial charge in [-0.05, 0) is 53.8 Å². The first-order valence-electron chi connectivity index (χ1n) is 12.4. The molecule has 0 unspecified atom stereocenters. The number of nitrogens with two attached hydrogens (primary N) is 1. The van der Waals surface area contributed by atoms with Crippen LogP contribution >= 0.6 is 19.8 Å². The van der Waals surface area contributed by atoms with Crippen molar-refractivity contribution in [3.05, 3.63) is 11.1 Å². The molecule has 1 aliphatic heterocycles. The molecule has 0 aromatic carbocycles. The van der Waals surface area contributed by atoms with Gasteiger partial charge in [0.2, 0.25) is 13.6 Å². The van der Waals surface area contributed by atoms with Crippen LogP contribution in [-0.4, -0.2) is 75.3 Å². The molecule has 0 aliphatic carbocycles. The van der Waals surface area contributed by atoms with Crippen molar-refractivity contribution < 1.29 is 47.3 Å². The van der Waals surface area contributed by atoms with Gasteiger partial charge in [0, 0.05) is 6.42 Å². The van der Waals surface area contributed by atoms with Crippen molar-refractivity contribution in [2.24, 2.45) is 10.8 Å². The van der Waals surface area contributed by atoms with Crippen molar-refractivity contribution in [1.82, 2.24) is 19.5 Å². The second-order valence-electron chi connectivity index (χ2n) is 11.2. The van der Waals surface area contributed by atoms with E-state index in [1.165, 1.54) is 10.9 Å². The molecule has 17 heteroatoms. The van der Waals surface area contributed by atoms with Gasteiger partial charge in [0.25, 0.3) is 0 Å². The first-order valence-corrected chi connectivity index (χ1v) is 14.5. The predicted molar refractivity (Wildman–Crippen MR) is 143 cm³/mol. The lowest BCUT2D eigenvalue weighted by molar-refractivity contribution is -0.162. The number of H-pyrrole nitrogens is 1. The molecular weight excluding hydrogens is 569 g/mol. The van der Waals surface area contributed by atoms with Crippen LogP contribution in [0.2, 0.25) is 0 Å². The van der Waals surface area contributed by atoms with Crippen LogP contribution in [-0.2, 0) is 42.1 Å². The number of aromatic nitrogens is 4.